The molecule has 2 rings (SSSR count). The van der Waals surface area contributed by atoms with Crippen LogP contribution in [-0.2, 0) is 9.47 Å². The number of hydrogen-bond acceptors (Lipinski definition) is 4. The van der Waals surface area contributed by atoms with E-state index < -0.39 is 0 Å². The SMILES string of the molecule is N#CCN(CC1OCCO1)C1CC1. The Balaban J connectivity index is 1.78. The molecule has 1 saturated heterocycles. The molecule has 2 aliphatic rings. The van der Waals surface area contributed by atoms with Crippen LogP contribution in [0.3, 0.4) is 0 Å². The van der Waals surface area contributed by atoms with Crippen molar-refractivity contribution in [2.75, 3.05) is 26.3 Å². The number of nitriles is 1. The third kappa shape index (κ3) is 2.41. The second kappa shape index (κ2) is 4.05. The van der Waals surface area contributed by atoms with Crippen molar-refractivity contribution in [1.82, 2.24) is 4.90 Å². The Morgan fingerprint density at radius 1 is 1.31 bits per heavy atom. The minimum absolute atomic E-state index is 0.103. The number of hydrogen-bond donors (Lipinski definition) is 0. The summed E-state index contributed by atoms with van der Waals surface area (Å²) in [6.45, 7) is 2.62. The van der Waals surface area contributed by atoms with Gasteiger partial charge in [0.25, 0.3) is 0 Å². The van der Waals surface area contributed by atoms with E-state index in [1.165, 1.54) is 12.8 Å². The van der Waals surface area contributed by atoms with Gasteiger partial charge in [0, 0.05) is 6.04 Å². The zero-order valence-corrected chi connectivity index (χ0v) is 7.61. The molecule has 0 amide bonds. The standard InChI is InChI=1S/C9H14N2O2/c10-3-4-11(8-1-2-8)7-9-12-5-6-13-9/h8-9H,1-2,4-7H2. The number of ether oxygens (including phenoxy) is 2. The molecule has 0 atom stereocenters. The Hall–Kier alpha value is -0.630. The quantitative estimate of drug-likeness (QED) is 0.588. The summed E-state index contributed by atoms with van der Waals surface area (Å²) in [6.07, 6.45) is 2.33. The van der Waals surface area contributed by atoms with Crippen LogP contribution in [0.2, 0.25) is 0 Å². The summed E-state index contributed by atoms with van der Waals surface area (Å²) in [5.74, 6) is 0. The summed E-state index contributed by atoms with van der Waals surface area (Å²) in [5.41, 5.74) is 0. The van der Waals surface area contributed by atoms with Gasteiger partial charge in [-0.05, 0) is 12.8 Å². The zero-order valence-electron chi connectivity index (χ0n) is 7.61. The molecule has 1 aliphatic heterocycles. The lowest BCUT2D eigenvalue weighted by molar-refractivity contribution is -0.0613. The van der Waals surface area contributed by atoms with E-state index in [-0.39, 0.29) is 6.29 Å². The van der Waals surface area contributed by atoms with Gasteiger partial charge in [-0.1, -0.05) is 0 Å². The summed E-state index contributed by atoms with van der Waals surface area (Å²) in [4.78, 5) is 2.15. The first kappa shape index (κ1) is 8.95. The molecular weight excluding hydrogens is 168 g/mol. The minimum Gasteiger partial charge on any atom is -0.349 e. The lowest BCUT2D eigenvalue weighted by Crippen LogP contribution is -2.35. The summed E-state index contributed by atoms with van der Waals surface area (Å²) >= 11 is 0. The Morgan fingerprint density at radius 3 is 2.54 bits per heavy atom. The van der Waals surface area contributed by atoms with E-state index in [0.717, 1.165) is 6.54 Å². The predicted octanol–water partition coefficient (Wildman–Crippen LogP) is 0.347. The maximum Gasteiger partial charge on any atom is 0.170 e. The molecule has 4 heteroatoms. The van der Waals surface area contributed by atoms with Crippen molar-refractivity contribution in [2.45, 2.75) is 25.2 Å². The summed E-state index contributed by atoms with van der Waals surface area (Å²) in [6, 6.07) is 2.78. The second-order valence-electron chi connectivity index (χ2n) is 3.49. The van der Waals surface area contributed by atoms with Gasteiger partial charge in [0.1, 0.15) is 0 Å². The lowest BCUT2D eigenvalue weighted by Gasteiger charge is -2.21. The summed E-state index contributed by atoms with van der Waals surface area (Å²) in [7, 11) is 0. The van der Waals surface area contributed by atoms with Gasteiger partial charge in [0.05, 0.1) is 32.4 Å². The van der Waals surface area contributed by atoms with Gasteiger partial charge in [-0.25, -0.2) is 0 Å². The molecule has 0 bridgehead atoms. The Labute approximate surface area is 78.0 Å². The van der Waals surface area contributed by atoms with Crippen LogP contribution < -0.4 is 0 Å². The molecule has 0 aromatic carbocycles. The Bertz CT molecular complexity index is 204. The molecule has 0 aromatic heterocycles. The fourth-order valence-corrected chi connectivity index (χ4v) is 1.58. The molecule has 1 saturated carbocycles. The fourth-order valence-electron chi connectivity index (χ4n) is 1.58. The molecule has 13 heavy (non-hydrogen) atoms. The van der Waals surface area contributed by atoms with Crippen LogP contribution in [0.15, 0.2) is 0 Å². The van der Waals surface area contributed by atoms with Crippen molar-refractivity contribution >= 4 is 0 Å². The highest BCUT2D eigenvalue weighted by Gasteiger charge is 2.31. The van der Waals surface area contributed by atoms with Gasteiger partial charge in [0.15, 0.2) is 6.29 Å². The normalized spacial score (nSPS) is 23.7. The highest BCUT2D eigenvalue weighted by molar-refractivity contribution is 4.90. The smallest absolute Gasteiger partial charge is 0.170 e. The molecule has 0 aromatic rings. The average molecular weight is 182 g/mol. The third-order valence-corrected chi connectivity index (χ3v) is 2.41. The van der Waals surface area contributed by atoms with Crippen molar-refractivity contribution < 1.29 is 9.47 Å². The molecule has 2 fully saturated rings. The molecule has 0 radical (unpaired) electrons. The van der Waals surface area contributed by atoms with Gasteiger partial charge < -0.3 is 9.47 Å². The van der Waals surface area contributed by atoms with E-state index >= 15 is 0 Å². The number of rotatable bonds is 4. The van der Waals surface area contributed by atoms with Gasteiger partial charge in [-0.3, -0.25) is 4.90 Å². The van der Waals surface area contributed by atoms with Crippen LogP contribution in [0.25, 0.3) is 0 Å². The van der Waals surface area contributed by atoms with Crippen LogP contribution in [0.5, 0.6) is 0 Å². The lowest BCUT2D eigenvalue weighted by atomic mass is 10.4. The average Bonchev–Trinajstić information content (AvgIpc) is 2.85. The van der Waals surface area contributed by atoms with Crippen LogP contribution in [0.1, 0.15) is 12.8 Å². The van der Waals surface area contributed by atoms with Gasteiger partial charge in [-0.15, -0.1) is 0 Å². The third-order valence-electron chi connectivity index (χ3n) is 2.41. The van der Waals surface area contributed by atoms with E-state index in [2.05, 4.69) is 11.0 Å². The Morgan fingerprint density at radius 2 is 2.00 bits per heavy atom. The van der Waals surface area contributed by atoms with Crippen LogP contribution >= 0.6 is 0 Å². The van der Waals surface area contributed by atoms with E-state index in [1.807, 2.05) is 0 Å². The topological polar surface area (TPSA) is 45.5 Å². The first-order chi connectivity index (χ1) is 6.40. The van der Waals surface area contributed by atoms with Gasteiger partial charge >= 0.3 is 0 Å². The van der Waals surface area contributed by atoms with E-state index in [1.54, 1.807) is 0 Å². The fraction of sp³-hybridized carbons (Fsp3) is 0.889. The molecule has 1 heterocycles. The maximum atomic E-state index is 8.61. The molecular formula is C9H14N2O2. The summed E-state index contributed by atoms with van der Waals surface area (Å²) < 4.78 is 10.7. The van der Waals surface area contributed by atoms with Gasteiger partial charge in [-0.2, -0.15) is 5.26 Å². The van der Waals surface area contributed by atoms with Gasteiger partial charge in [0.2, 0.25) is 0 Å². The van der Waals surface area contributed by atoms with Crippen molar-refractivity contribution in [3.63, 3.8) is 0 Å². The highest BCUT2D eigenvalue weighted by atomic mass is 16.7. The molecule has 0 unspecified atom stereocenters. The van der Waals surface area contributed by atoms with Crippen LogP contribution in [0.4, 0.5) is 0 Å². The minimum atomic E-state index is -0.103. The van der Waals surface area contributed by atoms with E-state index in [0.29, 0.717) is 25.8 Å². The largest absolute Gasteiger partial charge is 0.349 e. The van der Waals surface area contributed by atoms with Crippen molar-refractivity contribution in [3.05, 3.63) is 0 Å². The first-order valence-electron chi connectivity index (χ1n) is 4.74. The zero-order chi connectivity index (χ0) is 9.10. The number of nitrogens with zero attached hydrogens (tertiary/aromatic N) is 2. The monoisotopic (exact) mass is 182 g/mol. The molecule has 0 spiro atoms. The van der Waals surface area contributed by atoms with E-state index in [9.17, 15) is 0 Å². The molecule has 72 valence electrons. The van der Waals surface area contributed by atoms with Crippen molar-refractivity contribution in [2.24, 2.45) is 0 Å². The van der Waals surface area contributed by atoms with E-state index in [4.69, 9.17) is 14.7 Å². The highest BCUT2D eigenvalue weighted by Crippen LogP contribution is 2.27. The molecule has 0 N–H and O–H groups in total. The Kier molecular flexibility index (Phi) is 2.79. The second-order valence-corrected chi connectivity index (χ2v) is 3.49. The maximum absolute atomic E-state index is 8.61. The van der Waals surface area contributed by atoms with Crippen LogP contribution in [0, 0.1) is 11.3 Å². The first-order valence-corrected chi connectivity index (χ1v) is 4.74. The van der Waals surface area contributed by atoms with Crippen molar-refractivity contribution in [3.8, 4) is 6.07 Å². The van der Waals surface area contributed by atoms with Crippen molar-refractivity contribution in [1.29, 1.82) is 5.26 Å². The molecule has 1 aliphatic carbocycles. The summed E-state index contributed by atoms with van der Waals surface area (Å²) in [5, 5.41) is 8.61. The predicted molar refractivity (Wildman–Crippen MR) is 45.9 cm³/mol. The van der Waals surface area contributed by atoms with Crippen LogP contribution in [-0.4, -0.2) is 43.5 Å². The molecule has 4 nitrogen and oxygen atoms in total.